The number of aromatic amines is 1. The Bertz CT molecular complexity index is 821. The van der Waals surface area contributed by atoms with Gasteiger partial charge in [-0.05, 0) is 37.3 Å². The molecule has 0 unspecified atom stereocenters. The average molecular weight is 298 g/mol. The van der Waals surface area contributed by atoms with Crippen LogP contribution < -0.4 is 0 Å². The maximum Gasteiger partial charge on any atom is 0.338 e. The van der Waals surface area contributed by atoms with Gasteiger partial charge in [-0.2, -0.15) is 0 Å². The monoisotopic (exact) mass is 298 g/mol. The third-order valence-electron chi connectivity index (χ3n) is 3.28. The molecule has 0 amide bonds. The number of fused-ring (bicyclic) bond motifs is 1. The van der Waals surface area contributed by atoms with Crippen LogP contribution in [0.5, 0.6) is 0 Å². The topological polar surface area (TPSA) is 89.9 Å². The van der Waals surface area contributed by atoms with E-state index < -0.39 is 5.97 Å². The Kier molecular flexibility index (Phi) is 3.69. The Morgan fingerprint density at radius 3 is 2.91 bits per heavy atom. The van der Waals surface area contributed by atoms with Crippen molar-refractivity contribution in [2.45, 2.75) is 13.5 Å². The van der Waals surface area contributed by atoms with Gasteiger partial charge < -0.3 is 9.72 Å². The fourth-order valence-corrected chi connectivity index (χ4v) is 2.13. The molecule has 0 spiro atoms. The van der Waals surface area contributed by atoms with Crippen molar-refractivity contribution < 1.29 is 14.3 Å². The first-order valence-corrected chi connectivity index (χ1v) is 6.86. The Hall–Kier alpha value is -2.96. The van der Waals surface area contributed by atoms with Crippen LogP contribution in [0.4, 0.5) is 0 Å². The number of carbonyl (C=O) groups excluding carboxylic acids is 2. The van der Waals surface area contributed by atoms with E-state index in [0.717, 1.165) is 5.52 Å². The molecule has 1 aromatic carbocycles. The van der Waals surface area contributed by atoms with E-state index in [-0.39, 0.29) is 12.4 Å². The zero-order chi connectivity index (χ0) is 15.5. The molecule has 0 aliphatic heterocycles. The van der Waals surface area contributed by atoms with Crippen LogP contribution in [0.2, 0.25) is 0 Å². The number of aromatic nitrogens is 4. The van der Waals surface area contributed by atoms with Crippen molar-refractivity contribution in [3.8, 4) is 0 Å². The summed E-state index contributed by atoms with van der Waals surface area (Å²) in [5, 5.41) is 7.98. The number of Topliss-reactive ketones (excluding diaryl/α,β-unsaturated/α-hetero) is 1. The van der Waals surface area contributed by atoms with Gasteiger partial charge in [-0.25, -0.2) is 9.48 Å². The third kappa shape index (κ3) is 2.60. The molecule has 0 bridgehead atoms. The number of benzene rings is 1. The Morgan fingerprint density at radius 2 is 2.18 bits per heavy atom. The van der Waals surface area contributed by atoms with Crippen LogP contribution in [0.1, 0.15) is 27.8 Å². The minimum atomic E-state index is -0.562. The van der Waals surface area contributed by atoms with Crippen LogP contribution in [0.3, 0.4) is 0 Å². The number of rotatable bonds is 5. The fraction of sp³-hybridized carbons (Fsp3) is 0.200. The summed E-state index contributed by atoms with van der Waals surface area (Å²) in [6, 6.07) is 8.35. The highest BCUT2D eigenvalue weighted by molar-refractivity contribution is 5.98. The fourth-order valence-electron chi connectivity index (χ4n) is 2.13. The molecule has 3 aromatic rings. The minimum absolute atomic E-state index is 0.281. The quantitative estimate of drug-likeness (QED) is 0.573. The average Bonchev–Trinajstić information content (AvgIpc) is 3.20. The van der Waals surface area contributed by atoms with Gasteiger partial charge in [-0.15, -0.1) is 5.10 Å². The SMILES string of the molecule is CCn1nnc2cc(C(=O)OCC(=O)c3ccc[nH]3)ccc21. The maximum atomic E-state index is 12.0. The number of hydrogen-bond donors (Lipinski definition) is 1. The molecule has 3 rings (SSSR count). The zero-order valence-corrected chi connectivity index (χ0v) is 11.9. The summed E-state index contributed by atoms with van der Waals surface area (Å²) in [6.45, 7) is 2.35. The molecule has 2 heterocycles. The van der Waals surface area contributed by atoms with E-state index in [1.165, 1.54) is 0 Å². The highest BCUT2D eigenvalue weighted by Crippen LogP contribution is 2.14. The van der Waals surface area contributed by atoms with Crippen LogP contribution >= 0.6 is 0 Å². The minimum Gasteiger partial charge on any atom is -0.454 e. The van der Waals surface area contributed by atoms with Gasteiger partial charge in [-0.1, -0.05) is 5.21 Å². The number of ether oxygens (including phenoxy) is 1. The van der Waals surface area contributed by atoms with Crippen LogP contribution in [-0.4, -0.2) is 38.3 Å². The molecule has 0 saturated carbocycles. The summed E-state index contributed by atoms with van der Waals surface area (Å²) < 4.78 is 6.77. The number of nitrogens with zero attached hydrogens (tertiary/aromatic N) is 3. The summed E-state index contributed by atoms with van der Waals surface area (Å²) in [5.74, 6) is -0.843. The van der Waals surface area contributed by atoms with Gasteiger partial charge in [0, 0.05) is 12.7 Å². The van der Waals surface area contributed by atoms with Gasteiger partial charge in [0.05, 0.1) is 16.8 Å². The van der Waals surface area contributed by atoms with Crippen molar-refractivity contribution in [2.75, 3.05) is 6.61 Å². The Labute approximate surface area is 125 Å². The van der Waals surface area contributed by atoms with E-state index in [1.807, 2.05) is 6.92 Å². The first-order chi connectivity index (χ1) is 10.7. The van der Waals surface area contributed by atoms with Gasteiger partial charge in [0.1, 0.15) is 5.52 Å². The second-order valence-corrected chi connectivity index (χ2v) is 4.69. The van der Waals surface area contributed by atoms with Crippen molar-refractivity contribution in [1.82, 2.24) is 20.0 Å². The van der Waals surface area contributed by atoms with Gasteiger partial charge in [0.25, 0.3) is 0 Å². The van der Waals surface area contributed by atoms with Crippen molar-refractivity contribution in [3.63, 3.8) is 0 Å². The molecule has 0 saturated heterocycles. The summed E-state index contributed by atoms with van der Waals surface area (Å²) in [6.07, 6.45) is 1.64. The molecule has 0 fully saturated rings. The van der Waals surface area contributed by atoms with Crippen LogP contribution in [-0.2, 0) is 11.3 Å². The lowest BCUT2D eigenvalue weighted by molar-refractivity contribution is 0.0474. The van der Waals surface area contributed by atoms with E-state index in [0.29, 0.717) is 23.3 Å². The number of esters is 1. The second-order valence-electron chi connectivity index (χ2n) is 4.69. The van der Waals surface area contributed by atoms with Crippen molar-refractivity contribution in [2.24, 2.45) is 0 Å². The molecule has 1 N–H and O–H groups in total. The molecule has 0 atom stereocenters. The number of nitrogens with one attached hydrogen (secondary N) is 1. The lowest BCUT2D eigenvalue weighted by Gasteiger charge is -2.04. The molecule has 0 aliphatic carbocycles. The van der Waals surface area contributed by atoms with Gasteiger partial charge in [0.15, 0.2) is 6.61 Å². The standard InChI is InChI=1S/C15H14N4O3/c1-2-19-13-6-5-10(8-12(13)17-18-19)15(21)22-9-14(20)11-4-3-7-16-11/h3-8,16H,2,9H2,1H3. The number of carbonyl (C=O) groups is 2. The number of hydrogen-bond acceptors (Lipinski definition) is 5. The summed E-state index contributed by atoms with van der Waals surface area (Å²) in [5.41, 5.74) is 2.22. The second kappa shape index (κ2) is 5.80. The molecular formula is C15H14N4O3. The maximum absolute atomic E-state index is 12.0. The predicted molar refractivity (Wildman–Crippen MR) is 78.6 cm³/mol. The van der Waals surface area contributed by atoms with Crippen molar-refractivity contribution in [1.29, 1.82) is 0 Å². The number of H-pyrrole nitrogens is 1. The normalized spacial score (nSPS) is 10.8. The highest BCUT2D eigenvalue weighted by atomic mass is 16.5. The molecule has 2 aromatic heterocycles. The Morgan fingerprint density at radius 1 is 1.32 bits per heavy atom. The van der Waals surface area contributed by atoms with Gasteiger partial charge >= 0.3 is 5.97 Å². The smallest absolute Gasteiger partial charge is 0.338 e. The van der Waals surface area contributed by atoms with E-state index in [4.69, 9.17) is 4.74 Å². The lowest BCUT2D eigenvalue weighted by Crippen LogP contribution is -2.14. The van der Waals surface area contributed by atoms with E-state index in [1.54, 1.807) is 41.2 Å². The van der Waals surface area contributed by atoms with E-state index >= 15 is 0 Å². The molecule has 0 aliphatic rings. The molecule has 0 radical (unpaired) electrons. The number of aryl methyl sites for hydroxylation is 1. The van der Waals surface area contributed by atoms with Crippen molar-refractivity contribution in [3.05, 3.63) is 47.8 Å². The molecular weight excluding hydrogens is 284 g/mol. The largest absolute Gasteiger partial charge is 0.454 e. The number of ketones is 1. The first kappa shape index (κ1) is 14.0. The van der Waals surface area contributed by atoms with Gasteiger partial charge in [0.2, 0.25) is 5.78 Å². The third-order valence-corrected chi connectivity index (χ3v) is 3.28. The highest BCUT2D eigenvalue weighted by Gasteiger charge is 2.14. The first-order valence-electron chi connectivity index (χ1n) is 6.86. The van der Waals surface area contributed by atoms with Crippen molar-refractivity contribution >= 4 is 22.8 Å². The molecule has 22 heavy (non-hydrogen) atoms. The molecule has 112 valence electrons. The van der Waals surface area contributed by atoms with Crippen LogP contribution in [0.15, 0.2) is 36.5 Å². The Balaban J connectivity index is 1.71. The van der Waals surface area contributed by atoms with E-state index in [2.05, 4.69) is 15.3 Å². The van der Waals surface area contributed by atoms with E-state index in [9.17, 15) is 9.59 Å². The molecule has 7 heteroatoms. The predicted octanol–water partition coefficient (Wildman–Crippen LogP) is 1.82. The molecule has 7 nitrogen and oxygen atoms in total. The van der Waals surface area contributed by atoms with Crippen LogP contribution in [0.25, 0.3) is 11.0 Å². The summed E-state index contributed by atoms with van der Waals surface area (Å²) >= 11 is 0. The lowest BCUT2D eigenvalue weighted by atomic mass is 10.2. The summed E-state index contributed by atoms with van der Waals surface area (Å²) in [7, 11) is 0. The zero-order valence-electron chi connectivity index (χ0n) is 11.9. The van der Waals surface area contributed by atoms with Gasteiger partial charge in [-0.3, -0.25) is 4.79 Å². The summed E-state index contributed by atoms with van der Waals surface area (Å²) in [4.78, 5) is 26.5. The van der Waals surface area contributed by atoms with Crippen LogP contribution in [0, 0.1) is 0 Å².